The Hall–Kier alpha value is -1.06. The Kier molecular flexibility index (Phi) is 5.02. The Morgan fingerprint density at radius 3 is 3.06 bits per heavy atom. The van der Waals surface area contributed by atoms with Gasteiger partial charge in [-0.1, -0.05) is 17.7 Å². The maximum atomic E-state index is 6.11. The van der Waals surface area contributed by atoms with E-state index in [-0.39, 0.29) is 0 Å². The van der Waals surface area contributed by atoms with Gasteiger partial charge in [0.2, 0.25) is 5.88 Å². The average Bonchev–Trinajstić information content (AvgIpc) is 3.19. The standard InChI is InChI=1S/C14H19ClN2O/c1-2-3-4-9-18-14-8-7-12(15)13(17-14)10-16-11-5-6-11/h2,7-8,11,16H,1,3-6,9-10H2. The van der Waals surface area contributed by atoms with Crippen LogP contribution in [-0.4, -0.2) is 17.6 Å². The number of unbranched alkanes of at least 4 members (excludes halogenated alkanes) is 1. The van der Waals surface area contributed by atoms with E-state index in [1.807, 2.05) is 18.2 Å². The normalized spacial score (nSPS) is 14.5. The van der Waals surface area contributed by atoms with Gasteiger partial charge in [0, 0.05) is 18.7 Å². The molecule has 0 aliphatic heterocycles. The van der Waals surface area contributed by atoms with Crippen molar-refractivity contribution in [1.29, 1.82) is 0 Å². The summed E-state index contributed by atoms with van der Waals surface area (Å²) in [6, 6.07) is 4.32. The zero-order valence-corrected chi connectivity index (χ0v) is 11.2. The van der Waals surface area contributed by atoms with Crippen LogP contribution in [0.15, 0.2) is 24.8 Å². The molecule has 1 N–H and O–H groups in total. The minimum atomic E-state index is 0.649. The molecule has 1 aliphatic rings. The van der Waals surface area contributed by atoms with E-state index in [0.29, 0.717) is 30.1 Å². The molecule has 1 aromatic heterocycles. The highest BCUT2D eigenvalue weighted by atomic mass is 35.5. The van der Waals surface area contributed by atoms with Crippen molar-refractivity contribution in [2.45, 2.75) is 38.3 Å². The third-order valence-corrected chi connectivity index (χ3v) is 3.18. The van der Waals surface area contributed by atoms with Gasteiger partial charge in [0.05, 0.1) is 17.3 Å². The third kappa shape index (κ3) is 4.31. The summed E-state index contributed by atoms with van der Waals surface area (Å²) in [5.41, 5.74) is 0.866. The number of hydrogen-bond acceptors (Lipinski definition) is 3. The summed E-state index contributed by atoms with van der Waals surface area (Å²) < 4.78 is 5.58. The highest BCUT2D eigenvalue weighted by molar-refractivity contribution is 6.31. The van der Waals surface area contributed by atoms with Crippen molar-refractivity contribution in [3.05, 3.63) is 35.5 Å². The van der Waals surface area contributed by atoms with Crippen molar-refractivity contribution in [1.82, 2.24) is 10.3 Å². The van der Waals surface area contributed by atoms with Gasteiger partial charge in [0.1, 0.15) is 0 Å². The zero-order valence-electron chi connectivity index (χ0n) is 10.5. The second-order valence-electron chi connectivity index (χ2n) is 4.51. The molecule has 0 bridgehead atoms. The van der Waals surface area contributed by atoms with Gasteiger partial charge in [-0.05, 0) is 31.7 Å². The SMILES string of the molecule is C=CCCCOc1ccc(Cl)c(CNC2CC2)n1. The Morgan fingerprint density at radius 2 is 2.33 bits per heavy atom. The summed E-state index contributed by atoms with van der Waals surface area (Å²) in [7, 11) is 0. The predicted octanol–water partition coefficient (Wildman–Crippen LogP) is 3.33. The lowest BCUT2D eigenvalue weighted by molar-refractivity contribution is 0.299. The van der Waals surface area contributed by atoms with E-state index in [2.05, 4.69) is 16.9 Å². The molecule has 0 atom stereocenters. The topological polar surface area (TPSA) is 34.1 Å². The predicted molar refractivity (Wildman–Crippen MR) is 74.0 cm³/mol. The van der Waals surface area contributed by atoms with Gasteiger partial charge in [-0.15, -0.1) is 6.58 Å². The minimum Gasteiger partial charge on any atom is -0.478 e. The Balaban J connectivity index is 1.85. The summed E-state index contributed by atoms with van der Waals surface area (Å²) >= 11 is 6.11. The average molecular weight is 267 g/mol. The largest absolute Gasteiger partial charge is 0.478 e. The van der Waals surface area contributed by atoms with Gasteiger partial charge < -0.3 is 10.1 Å². The van der Waals surface area contributed by atoms with E-state index < -0.39 is 0 Å². The first kappa shape index (κ1) is 13.4. The fourth-order valence-electron chi connectivity index (χ4n) is 1.60. The number of allylic oxidation sites excluding steroid dienone is 1. The summed E-state index contributed by atoms with van der Waals surface area (Å²) in [4.78, 5) is 4.43. The van der Waals surface area contributed by atoms with Crippen LogP contribution in [0.4, 0.5) is 0 Å². The molecule has 1 saturated carbocycles. The number of hydrogen-bond donors (Lipinski definition) is 1. The first-order valence-electron chi connectivity index (χ1n) is 6.42. The van der Waals surface area contributed by atoms with Crippen LogP contribution in [-0.2, 0) is 6.54 Å². The lowest BCUT2D eigenvalue weighted by Crippen LogP contribution is -2.16. The summed E-state index contributed by atoms with van der Waals surface area (Å²) in [5, 5.41) is 4.10. The lowest BCUT2D eigenvalue weighted by Gasteiger charge is -2.08. The van der Waals surface area contributed by atoms with Crippen molar-refractivity contribution in [3.63, 3.8) is 0 Å². The molecule has 0 amide bonds. The van der Waals surface area contributed by atoms with Crippen molar-refractivity contribution in [2.75, 3.05) is 6.61 Å². The lowest BCUT2D eigenvalue weighted by atomic mass is 10.3. The van der Waals surface area contributed by atoms with Crippen LogP contribution < -0.4 is 10.1 Å². The molecule has 4 heteroatoms. The van der Waals surface area contributed by atoms with E-state index in [1.165, 1.54) is 12.8 Å². The number of halogens is 1. The number of nitrogens with zero attached hydrogens (tertiary/aromatic N) is 1. The van der Waals surface area contributed by atoms with Crippen molar-refractivity contribution in [3.8, 4) is 5.88 Å². The Bertz CT molecular complexity index is 405. The summed E-state index contributed by atoms with van der Waals surface area (Å²) in [6.45, 7) is 5.06. The van der Waals surface area contributed by atoms with Crippen LogP contribution in [0.5, 0.6) is 5.88 Å². The van der Waals surface area contributed by atoms with E-state index >= 15 is 0 Å². The second-order valence-corrected chi connectivity index (χ2v) is 4.92. The Labute approximate surface area is 113 Å². The summed E-state index contributed by atoms with van der Waals surface area (Å²) in [6.07, 6.45) is 6.33. The number of rotatable bonds is 8. The highest BCUT2D eigenvalue weighted by Crippen LogP contribution is 2.22. The van der Waals surface area contributed by atoms with Crippen molar-refractivity contribution >= 4 is 11.6 Å². The van der Waals surface area contributed by atoms with E-state index in [0.717, 1.165) is 18.5 Å². The van der Waals surface area contributed by atoms with Gasteiger partial charge in [-0.2, -0.15) is 0 Å². The molecule has 3 nitrogen and oxygen atoms in total. The fraction of sp³-hybridized carbons (Fsp3) is 0.500. The zero-order chi connectivity index (χ0) is 12.8. The molecule has 0 radical (unpaired) electrons. The maximum absolute atomic E-state index is 6.11. The Morgan fingerprint density at radius 1 is 1.50 bits per heavy atom. The minimum absolute atomic E-state index is 0.649. The number of aromatic nitrogens is 1. The van der Waals surface area contributed by atoms with E-state index in [9.17, 15) is 0 Å². The van der Waals surface area contributed by atoms with Crippen LogP contribution >= 0.6 is 11.6 Å². The molecule has 2 rings (SSSR count). The molecule has 1 aromatic rings. The van der Waals surface area contributed by atoms with Crippen LogP contribution in [0, 0.1) is 0 Å². The van der Waals surface area contributed by atoms with Crippen LogP contribution in [0.3, 0.4) is 0 Å². The van der Waals surface area contributed by atoms with Crippen LogP contribution in [0.25, 0.3) is 0 Å². The molecule has 18 heavy (non-hydrogen) atoms. The molecule has 0 aromatic carbocycles. The van der Waals surface area contributed by atoms with Crippen molar-refractivity contribution in [2.24, 2.45) is 0 Å². The number of nitrogens with one attached hydrogen (secondary N) is 1. The smallest absolute Gasteiger partial charge is 0.213 e. The molecule has 1 aliphatic carbocycles. The first-order valence-corrected chi connectivity index (χ1v) is 6.80. The van der Waals surface area contributed by atoms with E-state index in [1.54, 1.807) is 0 Å². The van der Waals surface area contributed by atoms with Crippen LogP contribution in [0.2, 0.25) is 5.02 Å². The van der Waals surface area contributed by atoms with Gasteiger partial charge in [0.15, 0.2) is 0 Å². The van der Waals surface area contributed by atoms with E-state index in [4.69, 9.17) is 16.3 Å². The molecule has 1 fully saturated rings. The molecule has 0 unspecified atom stereocenters. The quantitative estimate of drug-likeness (QED) is 0.579. The van der Waals surface area contributed by atoms with Crippen molar-refractivity contribution < 1.29 is 4.74 Å². The van der Waals surface area contributed by atoms with Crippen LogP contribution in [0.1, 0.15) is 31.4 Å². The molecule has 0 saturated heterocycles. The van der Waals surface area contributed by atoms with Gasteiger partial charge in [-0.3, -0.25) is 0 Å². The monoisotopic (exact) mass is 266 g/mol. The second kappa shape index (κ2) is 6.76. The number of ether oxygens (including phenoxy) is 1. The molecule has 0 spiro atoms. The molecule has 98 valence electrons. The highest BCUT2D eigenvalue weighted by Gasteiger charge is 2.20. The fourth-order valence-corrected chi connectivity index (χ4v) is 1.77. The molecular formula is C14H19ClN2O. The number of pyridine rings is 1. The van der Waals surface area contributed by atoms with Gasteiger partial charge >= 0.3 is 0 Å². The molecular weight excluding hydrogens is 248 g/mol. The first-order chi connectivity index (χ1) is 8.79. The van der Waals surface area contributed by atoms with Gasteiger partial charge in [-0.25, -0.2) is 4.98 Å². The summed E-state index contributed by atoms with van der Waals surface area (Å²) in [5.74, 6) is 0.649. The van der Waals surface area contributed by atoms with Gasteiger partial charge in [0.25, 0.3) is 0 Å². The maximum Gasteiger partial charge on any atom is 0.213 e. The third-order valence-electron chi connectivity index (χ3n) is 2.83. The molecule has 1 heterocycles.